The number of rotatable bonds is 5. The van der Waals surface area contributed by atoms with Crippen molar-refractivity contribution in [3.8, 4) is 5.88 Å². The van der Waals surface area contributed by atoms with Gasteiger partial charge in [-0.2, -0.15) is 0 Å². The minimum atomic E-state index is 0.00820. The summed E-state index contributed by atoms with van der Waals surface area (Å²) in [5.74, 6) is 0.465. The summed E-state index contributed by atoms with van der Waals surface area (Å²) in [6.45, 7) is 2.81. The van der Waals surface area contributed by atoms with Crippen LogP contribution >= 0.6 is 0 Å². The third kappa shape index (κ3) is 4.41. The first-order valence-corrected chi connectivity index (χ1v) is 7.16. The molecular weight excluding hydrogens is 270 g/mol. The normalized spacial score (nSPS) is 18.9. The van der Waals surface area contributed by atoms with Gasteiger partial charge in [-0.1, -0.05) is 0 Å². The van der Waals surface area contributed by atoms with Crippen molar-refractivity contribution in [3.63, 3.8) is 0 Å². The zero-order valence-electron chi connectivity index (χ0n) is 12.9. The molecule has 0 N–H and O–H groups in total. The van der Waals surface area contributed by atoms with Crippen molar-refractivity contribution in [2.24, 2.45) is 0 Å². The van der Waals surface area contributed by atoms with Crippen LogP contribution in [0.25, 0.3) is 0 Å². The third-order valence-electron chi connectivity index (χ3n) is 3.52. The molecule has 0 radical (unpaired) electrons. The Bertz CT molecular complexity index is 479. The van der Waals surface area contributed by atoms with Gasteiger partial charge in [-0.05, 0) is 26.6 Å². The highest BCUT2D eigenvalue weighted by atomic mass is 16.5. The molecule has 0 saturated carbocycles. The van der Waals surface area contributed by atoms with Crippen molar-refractivity contribution in [1.29, 1.82) is 0 Å². The molecule has 0 bridgehead atoms. The molecule has 0 aliphatic carbocycles. The molecule has 21 heavy (non-hydrogen) atoms. The molecule has 1 saturated heterocycles. The maximum atomic E-state index is 12.5. The zero-order valence-corrected chi connectivity index (χ0v) is 12.9. The highest BCUT2D eigenvalue weighted by Gasteiger charge is 2.25. The molecule has 1 aliphatic heterocycles. The second kappa shape index (κ2) is 7.38. The average Bonchev–Trinajstić information content (AvgIpc) is 2.52. The highest BCUT2D eigenvalue weighted by Crippen LogP contribution is 2.15. The summed E-state index contributed by atoms with van der Waals surface area (Å²) in [6.07, 6.45) is 2.63. The molecular formula is C15H23N3O3. The van der Waals surface area contributed by atoms with Crippen LogP contribution in [0, 0.1) is 0 Å². The van der Waals surface area contributed by atoms with Gasteiger partial charge in [0.25, 0.3) is 5.91 Å². The number of aromatic nitrogens is 1. The predicted molar refractivity (Wildman–Crippen MR) is 79.6 cm³/mol. The molecule has 116 valence electrons. The lowest BCUT2D eigenvalue weighted by Crippen LogP contribution is -2.46. The molecule has 0 aromatic carbocycles. The van der Waals surface area contributed by atoms with Crippen molar-refractivity contribution < 1.29 is 14.3 Å². The van der Waals surface area contributed by atoms with Crippen LogP contribution in [0.1, 0.15) is 16.8 Å². The number of carbonyl (C=O) groups excluding carboxylic acids is 1. The highest BCUT2D eigenvalue weighted by molar-refractivity contribution is 5.94. The Kier molecular flexibility index (Phi) is 5.52. The van der Waals surface area contributed by atoms with E-state index < -0.39 is 0 Å². The van der Waals surface area contributed by atoms with Crippen molar-refractivity contribution in [2.75, 3.05) is 47.4 Å². The molecule has 6 heteroatoms. The van der Waals surface area contributed by atoms with Crippen molar-refractivity contribution in [1.82, 2.24) is 14.8 Å². The molecule has 0 unspecified atom stereocenters. The molecule has 1 aromatic rings. The number of hydrogen-bond donors (Lipinski definition) is 0. The van der Waals surface area contributed by atoms with Gasteiger partial charge in [0.15, 0.2) is 0 Å². The van der Waals surface area contributed by atoms with Gasteiger partial charge in [-0.25, -0.2) is 4.98 Å². The monoisotopic (exact) mass is 293 g/mol. The first kappa shape index (κ1) is 15.7. The quantitative estimate of drug-likeness (QED) is 0.807. The number of amides is 1. The first-order chi connectivity index (χ1) is 10.1. The number of ether oxygens (including phenoxy) is 2. The number of hydrogen-bond acceptors (Lipinski definition) is 5. The van der Waals surface area contributed by atoms with Gasteiger partial charge in [0.2, 0.25) is 5.88 Å². The maximum absolute atomic E-state index is 12.5. The lowest BCUT2D eigenvalue weighted by Gasteiger charge is -2.33. The van der Waals surface area contributed by atoms with Gasteiger partial charge in [0, 0.05) is 37.5 Å². The van der Waals surface area contributed by atoms with E-state index in [2.05, 4.69) is 9.88 Å². The van der Waals surface area contributed by atoms with E-state index in [4.69, 9.17) is 9.47 Å². The second-order valence-corrected chi connectivity index (χ2v) is 5.42. The van der Waals surface area contributed by atoms with E-state index >= 15 is 0 Å². The van der Waals surface area contributed by atoms with Crippen LogP contribution in [-0.2, 0) is 4.74 Å². The van der Waals surface area contributed by atoms with E-state index in [9.17, 15) is 4.79 Å². The summed E-state index contributed by atoms with van der Waals surface area (Å²) in [7, 11) is 5.62. The SMILES string of the molecule is COc1cc(C(=O)N2CCO[C@@H](CCN(C)C)C2)ccn1. The van der Waals surface area contributed by atoms with Crippen LogP contribution in [0.4, 0.5) is 0 Å². The van der Waals surface area contributed by atoms with Crippen LogP contribution in [0.2, 0.25) is 0 Å². The third-order valence-corrected chi connectivity index (χ3v) is 3.52. The van der Waals surface area contributed by atoms with Crippen LogP contribution in [-0.4, -0.2) is 74.2 Å². The topological polar surface area (TPSA) is 54.9 Å². The Morgan fingerprint density at radius 2 is 2.38 bits per heavy atom. The van der Waals surface area contributed by atoms with E-state index in [1.165, 1.54) is 0 Å². The fraction of sp³-hybridized carbons (Fsp3) is 0.600. The molecule has 1 fully saturated rings. The fourth-order valence-electron chi connectivity index (χ4n) is 2.32. The van der Waals surface area contributed by atoms with Gasteiger partial charge in [-0.15, -0.1) is 0 Å². The average molecular weight is 293 g/mol. The number of carbonyl (C=O) groups is 1. The maximum Gasteiger partial charge on any atom is 0.254 e. The predicted octanol–water partition coefficient (Wildman–Crippen LogP) is 0.883. The van der Waals surface area contributed by atoms with Gasteiger partial charge >= 0.3 is 0 Å². The van der Waals surface area contributed by atoms with Crippen molar-refractivity contribution in [3.05, 3.63) is 23.9 Å². The molecule has 1 aliphatic rings. The number of methoxy groups -OCH3 is 1. The summed E-state index contributed by atoms with van der Waals surface area (Å²) in [5.41, 5.74) is 0.607. The molecule has 0 spiro atoms. The smallest absolute Gasteiger partial charge is 0.254 e. The van der Waals surface area contributed by atoms with Gasteiger partial charge in [0.1, 0.15) is 0 Å². The Hall–Kier alpha value is -1.66. The molecule has 6 nitrogen and oxygen atoms in total. The summed E-state index contributed by atoms with van der Waals surface area (Å²) in [4.78, 5) is 20.5. The molecule has 1 aromatic heterocycles. The van der Waals surface area contributed by atoms with E-state index in [-0.39, 0.29) is 12.0 Å². The second-order valence-electron chi connectivity index (χ2n) is 5.42. The van der Waals surface area contributed by atoms with Crippen molar-refractivity contribution >= 4 is 5.91 Å². The Morgan fingerprint density at radius 1 is 1.57 bits per heavy atom. The van der Waals surface area contributed by atoms with Crippen LogP contribution in [0.15, 0.2) is 18.3 Å². The van der Waals surface area contributed by atoms with E-state index in [0.717, 1.165) is 13.0 Å². The van der Waals surface area contributed by atoms with Gasteiger partial charge < -0.3 is 19.3 Å². The van der Waals surface area contributed by atoms with Crippen LogP contribution in [0.3, 0.4) is 0 Å². The zero-order chi connectivity index (χ0) is 15.2. The summed E-state index contributed by atoms with van der Waals surface area (Å²) < 4.78 is 10.8. The minimum absolute atomic E-state index is 0.00820. The van der Waals surface area contributed by atoms with E-state index in [1.807, 2.05) is 19.0 Å². The van der Waals surface area contributed by atoms with E-state index in [1.54, 1.807) is 25.4 Å². The Morgan fingerprint density at radius 3 is 3.10 bits per heavy atom. The standard InChI is InChI=1S/C15H23N3O3/c1-17(2)7-5-13-11-18(8-9-21-13)15(19)12-4-6-16-14(10-12)20-3/h4,6,10,13H,5,7-9,11H2,1-3H3/t13-/m0/s1. The van der Waals surface area contributed by atoms with E-state index in [0.29, 0.717) is 31.1 Å². The van der Waals surface area contributed by atoms with Crippen LogP contribution in [0.5, 0.6) is 5.88 Å². The number of morpholine rings is 1. The van der Waals surface area contributed by atoms with Gasteiger partial charge in [0.05, 0.1) is 19.8 Å². The van der Waals surface area contributed by atoms with Crippen LogP contribution < -0.4 is 4.74 Å². The number of pyridine rings is 1. The Labute approximate surface area is 125 Å². The van der Waals surface area contributed by atoms with Crippen molar-refractivity contribution in [2.45, 2.75) is 12.5 Å². The first-order valence-electron chi connectivity index (χ1n) is 7.16. The molecule has 1 amide bonds. The fourth-order valence-corrected chi connectivity index (χ4v) is 2.32. The summed E-state index contributed by atoms with van der Waals surface area (Å²) in [5, 5.41) is 0. The number of nitrogens with zero attached hydrogens (tertiary/aromatic N) is 3. The summed E-state index contributed by atoms with van der Waals surface area (Å²) in [6, 6.07) is 3.39. The molecule has 2 rings (SSSR count). The molecule has 2 heterocycles. The minimum Gasteiger partial charge on any atom is -0.481 e. The largest absolute Gasteiger partial charge is 0.481 e. The summed E-state index contributed by atoms with van der Waals surface area (Å²) >= 11 is 0. The lowest BCUT2D eigenvalue weighted by atomic mass is 10.1. The lowest BCUT2D eigenvalue weighted by molar-refractivity contribution is -0.0269. The van der Waals surface area contributed by atoms with Gasteiger partial charge in [-0.3, -0.25) is 4.79 Å². The molecule has 1 atom stereocenters. The Balaban J connectivity index is 1.98.